The number of nitrogens with zero attached hydrogens (tertiary/aromatic N) is 1. The second kappa shape index (κ2) is 3.77. The molecule has 0 aliphatic carbocycles. The van der Waals surface area contributed by atoms with Gasteiger partial charge in [0.25, 0.3) is 0 Å². The van der Waals surface area contributed by atoms with Crippen LogP contribution < -0.4 is 0 Å². The number of phenols is 1. The van der Waals surface area contributed by atoms with Crippen LogP contribution in [0.2, 0.25) is 0 Å². The van der Waals surface area contributed by atoms with E-state index in [9.17, 15) is 5.11 Å². The second-order valence-electron chi connectivity index (χ2n) is 3.87. The molecule has 2 N–H and O–H groups in total. The number of aromatic hydroxyl groups is 1. The van der Waals surface area contributed by atoms with Crippen LogP contribution in [0.5, 0.6) is 5.75 Å². The number of nitrogens with one attached hydrogen (secondary N) is 1. The number of aromatic nitrogens is 2. The first-order valence-electron chi connectivity index (χ1n) is 5.01. The quantitative estimate of drug-likeness (QED) is 0.786. The summed E-state index contributed by atoms with van der Waals surface area (Å²) in [5.41, 5.74) is 2.96. The lowest BCUT2D eigenvalue weighted by atomic mass is 10.0. The molecule has 1 heterocycles. The lowest BCUT2D eigenvalue weighted by Crippen LogP contribution is -1.91. The van der Waals surface area contributed by atoms with Gasteiger partial charge in [0.2, 0.25) is 0 Å². The molecule has 0 amide bonds. The maximum absolute atomic E-state index is 9.40. The number of phenolic OH excluding ortho intramolecular Hbond substituents is 1. The molecule has 0 saturated carbocycles. The van der Waals surface area contributed by atoms with Crippen molar-refractivity contribution in [3.8, 4) is 17.0 Å². The molecule has 0 aliphatic heterocycles. The van der Waals surface area contributed by atoms with Gasteiger partial charge in [0, 0.05) is 11.3 Å². The molecule has 0 bridgehead atoms. The summed E-state index contributed by atoms with van der Waals surface area (Å²) in [5, 5.41) is 9.40. The van der Waals surface area contributed by atoms with Gasteiger partial charge in [-0.25, -0.2) is 4.98 Å². The summed E-state index contributed by atoms with van der Waals surface area (Å²) in [4.78, 5) is 7.41. The van der Waals surface area contributed by atoms with Crippen LogP contribution in [-0.2, 0) is 0 Å². The Morgan fingerprint density at radius 3 is 2.80 bits per heavy atom. The molecule has 3 heteroatoms. The number of rotatable bonds is 2. The lowest BCUT2D eigenvalue weighted by molar-refractivity contribution is 0.475. The molecule has 1 aromatic carbocycles. The van der Waals surface area contributed by atoms with E-state index >= 15 is 0 Å². The number of aromatic amines is 1. The topological polar surface area (TPSA) is 48.9 Å². The third-order valence-electron chi connectivity index (χ3n) is 2.37. The van der Waals surface area contributed by atoms with Gasteiger partial charge in [0.1, 0.15) is 5.75 Å². The van der Waals surface area contributed by atoms with Gasteiger partial charge < -0.3 is 10.1 Å². The van der Waals surface area contributed by atoms with Crippen molar-refractivity contribution in [2.24, 2.45) is 0 Å². The van der Waals surface area contributed by atoms with Crippen LogP contribution in [-0.4, -0.2) is 15.1 Å². The zero-order chi connectivity index (χ0) is 10.8. The maximum atomic E-state index is 9.40. The van der Waals surface area contributed by atoms with E-state index in [1.165, 1.54) is 0 Å². The third-order valence-corrected chi connectivity index (χ3v) is 2.37. The van der Waals surface area contributed by atoms with Gasteiger partial charge in [-0.05, 0) is 18.1 Å². The fourth-order valence-electron chi connectivity index (χ4n) is 1.63. The average molecular weight is 202 g/mol. The largest absolute Gasteiger partial charge is 0.508 e. The van der Waals surface area contributed by atoms with Gasteiger partial charge in [-0.3, -0.25) is 0 Å². The molecule has 0 unspecified atom stereocenters. The Hall–Kier alpha value is -1.77. The Kier molecular flexibility index (Phi) is 2.46. The van der Waals surface area contributed by atoms with Crippen molar-refractivity contribution in [2.45, 2.75) is 19.8 Å². The Morgan fingerprint density at radius 1 is 1.33 bits per heavy atom. The first-order chi connectivity index (χ1) is 7.18. The van der Waals surface area contributed by atoms with Crippen molar-refractivity contribution in [1.82, 2.24) is 9.97 Å². The van der Waals surface area contributed by atoms with Gasteiger partial charge in [-0.2, -0.15) is 0 Å². The first-order valence-corrected chi connectivity index (χ1v) is 5.01. The molecule has 0 radical (unpaired) electrons. The predicted octanol–water partition coefficient (Wildman–Crippen LogP) is 2.91. The summed E-state index contributed by atoms with van der Waals surface area (Å²) in [6.45, 7) is 4.22. The molecule has 0 saturated heterocycles. The molecule has 0 fully saturated rings. The standard InChI is InChI=1S/C12H14N2O/c1-8(2)11-12(14-7-13-11)9-4-3-5-10(15)6-9/h3-8,15H,1-2H3,(H,13,14). The molecule has 2 rings (SSSR count). The highest BCUT2D eigenvalue weighted by Crippen LogP contribution is 2.27. The second-order valence-corrected chi connectivity index (χ2v) is 3.87. The third kappa shape index (κ3) is 1.86. The van der Waals surface area contributed by atoms with E-state index in [1.54, 1.807) is 18.5 Å². The molecule has 0 atom stereocenters. The first kappa shape index (κ1) is 9.77. The number of hydrogen-bond acceptors (Lipinski definition) is 2. The Balaban J connectivity index is 2.49. The summed E-state index contributed by atoms with van der Waals surface area (Å²) in [6.07, 6.45) is 1.69. The predicted molar refractivity (Wildman–Crippen MR) is 59.8 cm³/mol. The van der Waals surface area contributed by atoms with E-state index in [-0.39, 0.29) is 5.75 Å². The summed E-state index contributed by atoms with van der Waals surface area (Å²) in [7, 11) is 0. The molecule has 0 spiro atoms. The minimum atomic E-state index is 0.269. The smallest absolute Gasteiger partial charge is 0.116 e. The maximum Gasteiger partial charge on any atom is 0.116 e. The van der Waals surface area contributed by atoms with Crippen molar-refractivity contribution in [3.63, 3.8) is 0 Å². The number of imidazole rings is 1. The van der Waals surface area contributed by atoms with Crippen molar-refractivity contribution >= 4 is 0 Å². The fourth-order valence-corrected chi connectivity index (χ4v) is 1.63. The van der Waals surface area contributed by atoms with E-state index in [0.29, 0.717) is 5.92 Å². The Labute approximate surface area is 88.8 Å². The summed E-state index contributed by atoms with van der Waals surface area (Å²) < 4.78 is 0. The zero-order valence-corrected chi connectivity index (χ0v) is 8.86. The van der Waals surface area contributed by atoms with Crippen LogP contribution in [0.4, 0.5) is 0 Å². The SMILES string of the molecule is CC(C)c1[nH]cnc1-c1cccc(O)c1. The minimum Gasteiger partial charge on any atom is -0.508 e. The van der Waals surface area contributed by atoms with E-state index < -0.39 is 0 Å². The monoisotopic (exact) mass is 202 g/mol. The summed E-state index contributed by atoms with van der Waals surface area (Å²) in [5.74, 6) is 0.662. The van der Waals surface area contributed by atoms with Crippen LogP contribution >= 0.6 is 0 Å². The molecule has 15 heavy (non-hydrogen) atoms. The molecule has 1 aromatic heterocycles. The fraction of sp³-hybridized carbons (Fsp3) is 0.250. The number of H-pyrrole nitrogens is 1. The van der Waals surface area contributed by atoms with Crippen molar-refractivity contribution in [3.05, 3.63) is 36.3 Å². The van der Waals surface area contributed by atoms with Crippen LogP contribution in [0, 0.1) is 0 Å². The van der Waals surface area contributed by atoms with E-state index in [2.05, 4.69) is 23.8 Å². The molecular formula is C12H14N2O. The molecular weight excluding hydrogens is 188 g/mol. The number of benzene rings is 1. The molecule has 0 aliphatic rings. The average Bonchev–Trinajstić information content (AvgIpc) is 2.65. The highest BCUT2D eigenvalue weighted by atomic mass is 16.3. The zero-order valence-electron chi connectivity index (χ0n) is 8.86. The van der Waals surface area contributed by atoms with Crippen molar-refractivity contribution in [2.75, 3.05) is 0 Å². The van der Waals surface area contributed by atoms with E-state index in [1.807, 2.05) is 12.1 Å². The normalized spacial score (nSPS) is 10.9. The van der Waals surface area contributed by atoms with Gasteiger partial charge >= 0.3 is 0 Å². The molecule has 78 valence electrons. The Bertz CT molecular complexity index is 460. The van der Waals surface area contributed by atoms with Gasteiger partial charge in [-0.1, -0.05) is 26.0 Å². The van der Waals surface area contributed by atoms with Crippen molar-refractivity contribution in [1.29, 1.82) is 0 Å². The van der Waals surface area contributed by atoms with Gasteiger partial charge in [0.15, 0.2) is 0 Å². The van der Waals surface area contributed by atoms with Crippen molar-refractivity contribution < 1.29 is 5.11 Å². The van der Waals surface area contributed by atoms with Crippen LogP contribution in [0.1, 0.15) is 25.5 Å². The van der Waals surface area contributed by atoms with E-state index in [4.69, 9.17) is 0 Å². The number of hydrogen-bond donors (Lipinski definition) is 2. The van der Waals surface area contributed by atoms with Gasteiger partial charge in [0.05, 0.1) is 12.0 Å². The highest BCUT2D eigenvalue weighted by molar-refractivity contribution is 5.63. The molecule has 3 nitrogen and oxygen atoms in total. The lowest BCUT2D eigenvalue weighted by Gasteiger charge is -2.05. The minimum absolute atomic E-state index is 0.269. The summed E-state index contributed by atoms with van der Waals surface area (Å²) in [6, 6.07) is 7.15. The highest BCUT2D eigenvalue weighted by Gasteiger charge is 2.11. The van der Waals surface area contributed by atoms with Crippen LogP contribution in [0.3, 0.4) is 0 Å². The van der Waals surface area contributed by atoms with Crippen LogP contribution in [0.25, 0.3) is 11.3 Å². The van der Waals surface area contributed by atoms with E-state index in [0.717, 1.165) is 17.0 Å². The summed E-state index contributed by atoms with van der Waals surface area (Å²) >= 11 is 0. The van der Waals surface area contributed by atoms with Crippen LogP contribution in [0.15, 0.2) is 30.6 Å². The molecule has 2 aromatic rings. The Morgan fingerprint density at radius 2 is 2.13 bits per heavy atom. The van der Waals surface area contributed by atoms with Gasteiger partial charge in [-0.15, -0.1) is 0 Å².